The van der Waals surface area contributed by atoms with E-state index in [0.29, 0.717) is 18.6 Å². The molecule has 0 aliphatic heterocycles. The molecule has 1 aromatic heterocycles. The Kier molecular flexibility index (Phi) is 4.97. The van der Waals surface area contributed by atoms with Gasteiger partial charge in [-0.15, -0.1) is 11.3 Å². The molecule has 104 valence electrons. The SMILES string of the molecule is CCC(CC)N(C)C(CN)c1csc2ccccc12. The molecule has 0 bridgehead atoms. The molecule has 2 aromatic rings. The number of nitrogens with two attached hydrogens (primary N) is 1. The summed E-state index contributed by atoms with van der Waals surface area (Å²) < 4.78 is 1.36. The summed E-state index contributed by atoms with van der Waals surface area (Å²) in [6, 6.07) is 9.54. The van der Waals surface area contributed by atoms with Gasteiger partial charge in [-0.05, 0) is 42.3 Å². The fourth-order valence-corrected chi connectivity index (χ4v) is 3.90. The lowest BCUT2D eigenvalue weighted by Crippen LogP contribution is -2.37. The van der Waals surface area contributed by atoms with Crippen LogP contribution in [0.4, 0.5) is 0 Å². The molecule has 0 saturated carbocycles. The Hall–Kier alpha value is -0.900. The van der Waals surface area contributed by atoms with Crippen LogP contribution in [-0.2, 0) is 0 Å². The first-order valence-electron chi connectivity index (χ1n) is 7.11. The number of hydrogen-bond donors (Lipinski definition) is 1. The Morgan fingerprint density at radius 1 is 1.21 bits per heavy atom. The molecule has 0 aliphatic carbocycles. The monoisotopic (exact) mass is 276 g/mol. The van der Waals surface area contributed by atoms with Crippen molar-refractivity contribution < 1.29 is 0 Å². The molecule has 3 heteroatoms. The molecule has 2 nitrogen and oxygen atoms in total. The van der Waals surface area contributed by atoms with Gasteiger partial charge in [0.05, 0.1) is 0 Å². The van der Waals surface area contributed by atoms with Gasteiger partial charge in [0.1, 0.15) is 0 Å². The maximum atomic E-state index is 6.07. The van der Waals surface area contributed by atoms with Crippen LogP contribution in [0.25, 0.3) is 10.1 Å². The molecule has 2 rings (SSSR count). The second-order valence-corrected chi connectivity index (χ2v) is 5.99. The lowest BCUT2D eigenvalue weighted by Gasteiger charge is -2.33. The normalized spacial score (nSPS) is 13.6. The minimum atomic E-state index is 0.320. The zero-order valence-corrected chi connectivity index (χ0v) is 12.9. The number of rotatable bonds is 6. The van der Waals surface area contributed by atoms with Gasteiger partial charge in [-0.1, -0.05) is 32.0 Å². The van der Waals surface area contributed by atoms with Crippen LogP contribution in [0.15, 0.2) is 29.6 Å². The molecular formula is C16H24N2S. The van der Waals surface area contributed by atoms with E-state index in [-0.39, 0.29) is 0 Å². The number of benzene rings is 1. The maximum absolute atomic E-state index is 6.07. The number of nitrogens with zero attached hydrogens (tertiary/aromatic N) is 1. The highest BCUT2D eigenvalue weighted by molar-refractivity contribution is 7.17. The van der Waals surface area contributed by atoms with Crippen LogP contribution >= 0.6 is 11.3 Å². The summed E-state index contributed by atoms with van der Waals surface area (Å²) in [7, 11) is 2.21. The Bertz CT molecular complexity index is 516. The minimum Gasteiger partial charge on any atom is -0.329 e. The molecule has 1 atom stereocenters. The van der Waals surface area contributed by atoms with Crippen LogP contribution in [-0.4, -0.2) is 24.5 Å². The number of fused-ring (bicyclic) bond motifs is 1. The second-order valence-electron chi connectivity index (χ2n) is 5.07. The van der Waals surface area contributed by atoms with Crippen molar-refractivity contribution in [3.8, 4) is 0 Å². The standard InChI is InChI=1S/C16H24N2S/c1-4-12(5-2)18(3)15(10-17)14-11-19-16-9-7-6-8-13(14)16/h6-9,11-12,15H,4-5,10,17H2,1-3H3. The van der Waals surface area contributed by atoms with Crippen LogP contribution < -0.4 is 5.73 Å². The van der Waals surface area contributed by atoms with E-state index in [0.717, 1.165) is 0 Å². The van der Waals surface area contributed by atoms with Crippen molar-refractivity contribution in [1.82, 2.24) is 4.90 Å². The van der Waals surface area contributed by atoms with Crippen molar-refractivity contribution >= 4 is 21.4 Å². The van der Waals surface area contributed by atoms with E-state index < -0.39 is 0 Å². The predicted molar refractivity (Wildman–Crippen MR) is 85.8 cm³/mol. The van der Waals surface area contributed by atoms with E-state index in [1.54, 1.807) is 0 Å². The summed E-state index contributed by atoms with van der Waals surface area (Å²) >= 11 is 1.82. The summed E-state index contributed by atoms with van der Waals surface area (Å²) in [6.07, 6.45) is 2.34. The first-order valence-corrected chi connectivity index (χ1v) is 7.98. The van der Waals surface area contributed by atoms with Crippen molar-refractivity contribution in [2.75, 3.05) is 13.6 Å². The van der Waals surface area contributed by atoms with Crippen molar-refractivity contribution in [3.05, 3.63) is 35.2 Å². The van der Waals surface area contributed by atoms with E-state index in [2.05, 4.69) is 55.4 Å². The minimum absolute atomic E-state index is 0.320. The zero-order valence-electron chi connectivity index (χ0n) is 12.1. The van der Waals surface area contributed by atoms with Crippen molar-refractivity contribution in [2.45, 2.75) is 38.8 Å². The van der Waals surface area contributed by atoms with Crippen LogP contribution in [0.3, 0.4) is 0 Å². The highest BCUT2D eigenvalue weighted by atomic mass is 32.1. The van der Waals surface area contributed by atoms with Crippen molar-refractivity contribution in [1.29, 1.82) is 0 Å². The lowest BCUT2D eigenvalue weighted by molar-refractivity contribution is 0.169. The van der Waals surface area contributed by atoms with Crippen molar-refractivity contribution in [2.24, 2.45) is 5.73 Å². The van der Waals surface area contributed by atoms with Gasteiger partial charge in [0, 0.05) is 23.3 Å². The first-order chi connectivity index (χ1) is 9.22. The Morgan fingerprint density at radius 3 is 2.53 bits per heavy atom. The van der Waals surface area contributed by atoms with E-state index in [9.17, 15) is 0 Å². The molecule has 1 aromatic carbocycles. The summed E-state index contributed by atoms with van der Waals surface area (Å²) in [5, 5.41) is 3.64. The maximum Gasteiger partial charge on any atom is 0.0484 e. The average molecular weight is 276 g/mol. The van der Waals surface area contributed by atoms with Gasteiger partial charge in [-0.3, -0.25) is 4.90 Å². The molecule has 0 amide bonds. The van der Waals surface area contributed by atoms with E-state index in [4.69, 9.17) is 5.73 Å². The number of thiophene rings is 1. The van der Waals surface area contributed by atoms with Crippen LogP contribution in [0.5, 0.6) is 0 Å². The smallest absolute Gasteiger partial charge is 0.0484 e. The molecule has 19 heavy (non-hydrogen) atoms. The molecule has 1 heterocycles. The predicted octanol–water partition coefficient (Wildman–Crippen LogP) is 4.02. The highest BCUT2D eigenvalue weighted by Gasteiger charge is 2.23. The van der Waals surface area contributed by atoms with E-state index in [1.165, 1.54) is 28.5 Å². The number of hydrogen-bond acceptors (Lipinski definition) is 3. The van der Waals surface area contributed by atoms with Gasteiger partial charge in [-0.2, -0.15) is 0 Å². The van der Waals surface area contributed by atoms with Gasteiger partial charge in [0.2, 0.25) is 0 Å². The highest BCUT2D eigenvalue weighted by Crippen LogP contribution is 2.33. The molecular weight excluding hydrogens is 252 g/mol. The molecule has 0 radical (unpaired) electrons. The molecule has 0 spiro atoms. The summed E-state index contributed by atoms with van der Waals surface area (Å²) in [4.78, 5) is 2.45. The average Bonchev–Trinajstić information content (AvgIpc) is 2.85. The van der Waals surface area contributed by atoms with Crippen LogP contribution in [0.1, 0.15) is 38.3 Å². The Balaban J connectivity index is 2.36. The zero-order chi connectivity index (χ0) is 13.8. The summed E-state index contributed by atoms with van der Waals surface area (Å²) in [5.74, 6) is 0. The van der Waals surface area contributed by atoms with Crippen LogP contribution in [0, 0.1) is 0 Å². The first kappa shape index (κ1) is 14.5. The third kappa shape index (κ3) is 2.83. The molecule has 0 aliphatic rings. The lowest BCUT2D eigenvalue weighted by atomic mass is 10.0. The fraction of sp³-hybridized carbons (Fsp3) is 0.500. The second kappa shape index (κ2) is 6.51. The molecule has 1 unspecified atom stereocenters. The topological polar surface area (TPSA) is 29.3 Å². The van der Waals surface area contributed by atoms with Gasteiger partial charge < -0.3 is 5.73 Å². The number of likely N-dealkylation sites (N-methyl/N-ethyl adjacent to an activating group) is 1. The van der Waals surface area contributed by atoms with Gasteiger partial charge >= 0.3 is 0 Å². The van der Waals surface area contributed by atoms with Gasteiger partial charge in [0.25, 0.3) is 0 Å². The van der Waals surface area contributed by atoms with E-state index in [1.807, 2.05) is 11.3 Å². The van der Waals surface area contributed by atoms with Crippen molar-refractivity contribution in [3.63, 3.8) is 0 Å². The van der Waals surface area contributed by atoms with E-state index >= 15 is 0 Å². The quantitative estimate of drug-likeness (QED) is 0.863. The Morgan fingerprint density at radius 2 is 1.89 bits per heavy atom. The van der Waals surface area contributed by atoms with Gasteiger partial charge in [-0.25, -0.2) is 0 Å². The fourth-order valence-electron chi connectivity index (χ4n) is 2.89. The third-order valence-corrected chi connectivity index (χ3v) is 5.08. The molecule has 0 fully saturated rings. The molecule has 0 saturated heterocycles. The molecule has 2 N–H and O–H groups in total. The van der Waals surface area contributed by atoms with Crippen LogP contribution in [0.2, 0.25) is 0 Å². The summed E-state index contributed by atoms with van der Waals surface area (Å²) in [6.45, 7) is 5.18. The Labute approximate surface area is 120 Å². The summed E-state index contributed by atoms with van der Waals surface area (Å²) in [5.41, 5.74) is 7.45. The largest absolute Gasteiger partial charge is 0.329 e. The van der Waals surface area contributed by atoms with Gasteiger partial charge in [0.15, 0.2) is 0 Å². The third-order valence-electron chi connectivity index (χ3n) is 4.10.